The Morgan fingerprint density at radius 3 is 3.20 bits per heavy atom. The summed E-state index contributed by atoms with van der Waals surface area (Å²) in [5.74, 6) is 1.46. The second-order valence-corrected chi connectivity index (χ2v) is 4.14. The van der Waals surface area contributed by atoms with Gasteiger partial charge in [-0.2, -0.15) is 0 Å². The summed E-state index contributed by atoms with van der Waals surface area (Å²) in [5.41, 5.74) is 2.63. The van der Waals surface area contributed by atoms with Crippen molar-refractivity contribution >= 4 is 0 Å². The molecular weight excluding hydrogens is 190 g/mol. The van der Waals surface area contributed by atoms with Gasteiger partial charge in [0, 0.05) is 24.6 Å². The minimum atomic E-state index is 0.351. The normalized spacial score (nSPS) is 28.3. The van der Waals surface area contributed by atoms with E-state index in [9.17, 15) is 0 Å². The molecule has 0 saturated carbocycles. The first kappa shape index (κ1) is 9.19. The first-order valence-corrected chi connectivity index (χ1v) is 5.38. The van der Waals surface area contributed by atoms with Crippen LogP contribution in [0.25, 0.3) is 0 Å². The van der Waals surface area contributed by atoms with Gasteiger partial charge in [0.25, 0.3) is 0 Å². The molecule has 1 saturated heterocycles. The lowest BCUT2D eigenvalue weighted by Gasteiger charge is -2.28. The number of hydrogen-bond acceptors (Lipinski definition) is 3. The van der Waals surface area contributed by atoms with Crippen LogP contribution in [-0.2, 0) is 11.3 Å². The van der Waals surface area contributed by atoms with Gasteiger partial charge >= 0.3 is 0 Å². The molecule has 0 aromatic heterocycles. The van der Waals surface area contributed by atoms with Crippen LogP contribution < -0.4 is 10.1 Å². The van der Waals surface area contributed by atoms with Crippen LogP contribution in [0.4, 0.5) is 0 Å². The molecule has 0 spiro atoms. The monoisotopic (exact) mass is 205 g/mol. The number of hydrogen-bond donors (Lipinski definition) is 1. The Morgan fingerprint density at radius 2 is 2.33 bits per heavy atom. The van der Waals surface area contributed by atoms with Crippen LogP contribution in [0.1, 0.15) is 17.0 Å². The highest BCUT2D eigenvalue weighted by atomic mass is 16.5. The van der Waals surface area contributed by atoms with Crippen LogP contribution in [0.2, 0.25) is 0 Å². The summed E-state index contributed by atoms with van der Waals surface area (Å²) in [7, 11) is 1.72. The molecule has 0 amide bonds. The van der Waals surface area contributed by atoms with Gasteiger partial charge in [-0.15, -0.1) is 0 Å². The minimum absolute atomic E-state index is 0.351. The van der Waals surface area contributed by atoms with Crippen LogP contribution in [-0.4, -0.2) is 26.3 Å². The van der Waals surface area contributed by atoms with E-state index < -0.39 is 0 Å². The third-order valence-corrected chi connectivity index (χ3v) is 3.39. The number of nitrogens with one attached hydrogen (secondary N) is 1. The lowest BCUT2D eigenvalue weighted by atomic mass is 9.89. The summed E-state index contributed by atoms with van der Waals surface area (Å²) in [4.78, 5) is 0. The average Bonchev–Trinajstić information content (AvgIpc) is 2.76. The first-order chi connectivity index (χ1) is 7.40. The van der Waals surface area contributed by atoms with Crippen molar-refractivity contribution in [2.75, 3.05) is 20.2 Å². The zero-order valence-electron chi connectivity index (χ0n) is 8.82. The largest absolute Gasteiger partial charge is 0.496 e. The van der Waals surface area contributed by atoms with Gasteiger partial charge in [-0.3, -0.25) is 0 Å². The van der Waals surface area contributed by atoms with Crippen LogP contribution >= 0.6 is 0 Å². The highest BCUT2D eigenvalue weighted by Crippen LogP contribution is 2.37. The van der Waals surface area contributed by atoms with Gasteiger partial charge in [0.05, 0.1) is 19.8 Å². The van der Waals surface area contributed by atoms with E-state index in [1.807, 2.05) is 6.07 Å². The van der Waals surface area contributed by atoms with Crippen LogP contribution in [0.5, 0.6) is 5.75 Å². The quantitative estimate of drug-likeness (QED) is 0.749. The van der Waals surface area contributed by atoms with Crippen molar-refractivity contribution < 1.29 is 9.47 Å². The van der Waals surface area contributed by atoms with Crippen LogP contribution in [0, 0.1) is 0 Å². The Hall–Kier alpha value is -1.06. The molecule has 1 fully saturated rings. The molecule has 3 nitrogen and oxygen atoms in total. The van der Waals surface area contributed by atoms with Gasteiger partial charge < -0.3 is 14.8 Å². The van der Waals surface area contributed by atoms with Crippen LogP contribution in [0.3, 0.4) is 0 Å². The number of methoxy groups -OCH3 is 1. The molecule has 15 heavy (non-hydrogen) atoms. The first-order valence-electron chi connectivity index (χ1n) is 5.38. The van der Waals surface area contributed by atoms with Gasteiger partial charge in [0.15, 0.2) is 0 Å². The summed E-state index contributed by atoms with van der Waals surface area (Å²) in [5, 5.41) is 3.38. The Kier molecular flexibility index (Phi) is 2.15. The molecule has 0 radical (unpaired) electrons. The van der Waals surface area contributed by atoms with Gasteiger partial charge in [0.1, 0.15) is 5.75 Å². The summed E-state index contributed by atoms with van der Waals surface area (Å²) in [6.45, 7) is 2.67. The fourth-order valence-corrected chi connectivity index (χ4v) is 2.61. The average molecular weight is 205 g/mol. The SMILES string of the molecule is COc1cccc2c1CO[C@H]1CNC[C@@H]21. The van der Waals surface area contributed by atoms with Crippen molar-refractivity contribution in [3.8, 4) is 5.75 Å². The molecule has 0 unspecified atom stereocenters. The van der Waals surface area contributed by atoms with Crippen molar-refractivity contribution in [2.45, 2.75) is 18.6 Å². The van der Waals surface area contributed by atoms with Crippen molar-refractivity contribution in [3.05, 3.63) is 29.3 Å². The van der Waals surface area contributed by atoms with Gasteiger partial charge in [0.2, 0.25) is 0 Å². The van der Waals surface area contributed by atoms with Gasteiger partial charge in [-0.1, -0.05) is 12.1 Å². The summed E-state index contributed by atoms with van der Waals surface area (Å²) in [6, 6.07) is 6.27. The predicted octanol–water partition coefficient (Wildman–Crippen LogP) is 1.28. The molecule has 2 aliphatic rings. The molecule has 2 atom stereocenters. The maximum Gasteiger partial charge on any atom is 0.124 e. The maximum absolute atomic E-state index is 5.83. The van der Waals surface area contributed by atoms with Crippen molar-refractivity contribution in [3.63, 3.8) is 0 Å². The molecule has 1 N–H and O–H groups in total. The lowest BCUT2D eigenvalue weighted by Crippen LogP contribution is -2.27. The van der Waals surface area contributed by atoms with E-state index >= 15 is 0 Å². The molecule has 0 bridgehead atoms. The second-order valence-electron chi connectivity index (χ2n) is 4.14. The number of fused-ring (bicyclic) bond motifs is 3. The Bertz CT molecular complexity index is 378. The van der Waals surface area contributed by atoms with E-state index in [2.05, 4.69) is 17.4 Å². The number of ether oxygens (including phenoxy) is 2. The Balaban J connectivity index is 2.07. The fourth-order valence-electron chi connectivity index (χ4n) is 2.61. The maximum atomic E-state index is 5.83. The van der Waals surface area contributed by atoms with Crippen molar-refractivity contribution in [2.24, 2.45) is 0 Å². The predicted molar refractivity (Wildman–Crippen MR) is 57.2 cm³/mol. The molecular formula is C12H15NO2. The van der Waals surface area contributed by atoms with E-state index in [4.69, 9.17) is 9.47 Å². The fraction of sp³-hybridized carbons (Fsp3) is 0.500. The zero-order chi connectivity index (χ0) is 10.3. The zero-order valence-corrected chi connectivity index (χ0v) is 8.82. The summed E-state index contributed by atoms with van der Waals surface area (Å²) >= 11 is 0. The van der Waals surface area contributed by atoms with E-state index in [0.717, 1.165) is 18.8 Å². The molecule has 0 aliphatic carbocycles. The lowest BCUT2D eigenvalue weighted by molar-refractivity contribution is 0.0286. The Labute approximate surface area is 89.4 Å². The van der Waals surface area contributed by atoms with E-state index in [1.54, 1.807) is 7.11 Å². The third kappa shape index (κ3) is 1.34. The minimum Gasteiger partial charge on any atom is -0.496 e. The van der Waals surface area contributed by atoms with Crippen molar-refractivity contribution in [1.29, 1.82) is 0 Å². The molecule has 2 heterocycles. The second kappa shape index (κ2) is 3.51. The molecule has 1 aromatic rings. The highest BCUT2D eigenvalue weighted by molar-refractivity contribution is 5.44. The number of benzene rings is 1. The van der Waals surface area contributed by atoms with Gasteiger partial charge in [-0.25, -0.2) is 0 Å². The van der Waals surface area contributed by atoms with Gasteiger partial charge in [-0.05, 0) is 11.6 Å². The van der Waals surface area contributed by atoms with Crippen molar-refractivity contribution in [1.82, 2.24) is 5.32 Å². The topological polar surface area (TPSA) is 30.5 Å². The summed E-state index contributed by atoms with van der Waals surface area (Å²) in [6.07, 6.45) is 0.351. The Morgan fingerprint density at radius 1 is 1.40 bits per heavy atom. The molecule has 3 rings (SSSR count). The molecule has 1 aromatic carbocycles. The third-order valence-electron chi connectivity index (χ3n) is 3.39. The summed E-state index contributed by atoms with van der Waals surface area (Å²) < 4.78 is 11.2. The molecule has 2 aliphatic heterocycles. The molecule has 80 valence electrons. The van der Waals surface area contributed by atoms with E-state index in [1.165, 1.54) is 11.1 Å². The van der Waals surface area contributed by atoms with Crippen LogP contribution in [0.15, 0.2) is 18.2 Å². The standard InChI is InChI=1S/C12H15NO2/c1-14-11-4-2-3-8-9-5-13-6-12(9)15-7-10(8)11/h2-4,9,12-13H,5-7H2,1H3/t9-,12-/m0/s1. The van der Waals surface area contributed by atoms with E-state index in [-0.39, 0.29) is 0 Å². The highest BCUT2D eigenvalue weighted by Gasteiger charge is 2.35. The smallest absolute Gasteiger partial charge is 0.124 e. The van der Waals surface area contributed by atoms with E-state index in [0.29, 0.717) is 18.6 Å². The number of rotatable bonds is 1. The molecule has 3 heteroatoms.